The van der Waals surface area contributed by atoms with E-state index in [0.717, 1.165) is 49.9 Å². The van der Waals surface area contributed by atoms with Gasteiger partial charge in [-0.3, -0.25) is 0 Å². The van der Waals surface area contributed by atoms with E-state index >= 15 is 0 Å². The third kappa shape index (κ3) is 9.25. The molecule has 2 nitrogen and oxygen atoms in total. The molecule has 0 radical (unpaired) electrons. The fourth-order valence-electron chi connectivity index (χ4n) is 11.8. The summed E-state index contributed by atoms with van der Waals surface area (Å²) < 4.78 is 0. The van der Waals surface area contributed by atoms with Crippen molar-refractivity contribution in [3.05, 3.63) is 178 Å². The number of nitrogens with zero attached hydrogens (tertiary/aromatic N) is 1. The molecule has 4 aliphatic carbocycles. The van der Waals surface area contributed by atoms with Gasteiger partial charge in [-0.2, -0.15) is 0 Å². The second-order valence-electron chi connectivity index (χ2n) is 22.9. The fraction of sp³-hybridized carbons (Fsp3) is 0.375. The molecule has 0 saturated carbocycles. The van der Waals surface area contributed by atoms with Crippen LogP contribution in [0, 0.1) is 21.7 Å². The number of hydrogen-bond donors (Lipinski definition) is 1. The Balaban J connectivity index is 1.27. The van der Waals surface area contributed by atoms with Crippen molar-refractivity contribution in [3.8, 4) is 33.4 Å². The van der Waals surface area contributed by atoms with Crippen molar-refractivity contribution in [1.82, 2.24) is 0 Å². The highest BCUT2D eigenvalue weighted by Gasteiger charge is 2.42. The number of aryl methyl sites for hydroxylation is 1. The predicted molar refractivity (Wildman–Crippen MR) is 294 cm³/mol. The van der Waals surface area contributed by atoms with Gasteiger partial charge in [0.15, 0.2) is 0 Å². The molecular weight excluding hydrogens is 808 g/mol. The van der Waals surface area contributed by atoms with Crippen LogP contribution in [0.5, 0.6) is 0 Å². The van der Waals surface area contributed by atoms with Crippen molar-refractivity contribution in [2.75, 3.05) is 16.7 Å². The number of benzene rings is 5. The number of allylic oxidation sites excluding steroid dienone is 8. The van der Waals surface area contributed by atoms with Gasteiger partial charge < -0.3 is 10.2 Å². The highest BCUT2D eigenvalue weighted by Crippen LogP contribution is 2.56. The lowest BCUT2D eigenvalue weighted by atomic mass is 9.64. The van der Waals surface area contributed by atoms with Crippen LogP contribution >= 0.6 is 0 Å². The van der Waals surface area contributed by atoms with Crippen molar-refractivity contribution in [1.29, 1.82) is 0 Å². The van der Waals surface area contributed by atoms with E-state index in [-0.39, 0.29) is 21.7 Å². The molecule has 0 heterocycles. The summed E-state index contributed by atoms with van der Waals surface area (Å²) in [6.45, 7) is 24.6. The minimum absolute atomic E-state index is 0.0787. The number of nitrogens with one attached hydrogen (secondary N) is 1. The zero-order valence-electron chi connectivity index (χ0n) is 42.7. The third-order valence-electron chi connectivity index (χ3n) is 16.8. The average Bonchev–Trinajstić information content (AvgIpc) is 3.80. The number of fused-ring (bicyclic) bond motifs is 1. The molecule has 0 spiro atoms. The molecule has 1 N–H and O–H groups in total. The molecule has 4 aliphatic rings. The Morgan fingerprint density at radius 1 is 0.627 bits per heavy atom. The molecule has 5 aromatic carbocycles. The van der Waals surface area contributed by atoms with E-state index in [4.69, 9.17) is 0 Å². The van der Waals surface area contributed by atoms with Gasteiger partial charge in [0.2, 0.25) is 0 Å². The quantitative estimate of drug-likeness (QED) is 0.133. The molecule has 9 rings (SSSR count). The van der Waals surface area contributed by atoms with Crippen LogP contribution < -0.4 is 10.2 Å². The zero-order valence-corrected chi connectivity index (χ0v) is 42.7. The minimum atomic E-state index is 0.0787. The van der Waals surface area contributed by atoms with Crippen LogP contribution in [0.15, 0.2) is 161 Å². The summed E-state index contributed by atoms with van der Waals surface area (Å²) in [7, 11) is 2.38. The first kappa shape index (κ1) is 46.6. The molecular formula is C64H75BN2. The van der Waals surface area contributed by atoms with Crippen LogP contribution in [-0.4, -0.2) is 14.3 Å². The van der Waals surface area contributed by atoms with Gasteiger partial charge in [-0.25, -0.2) is 0 Å². The third-order valence-corrected chi connectivity index (χ3v) is 16.8. The van der Waals surface area contributed by atoms with Crippen LogP contribution in [0.1, 0.15) is 131 Å². The van der Waals surface area contributed by atoms with Crippen LogP contribution in [0.2, 0.25) is 0 Å². The molecule has 0 fully saturated rings. The van der Waals surface area contributed by atoms with E-state index in [0.29, 0.717) is 0 Å². The van der Waals surface area contributed by atoms with Crippen molar-refractivity contribution >= 4 is 31.0 Å². The molecule has 67 heavy (non-hydrogen) atoms. The first-order valence-corrected chi connectivity index (χ1v) is 25.5. The SMILES string of the molecule is BCN(C1=CC2=C(C1)C(C)(C)CCC2(C)C)c1cc(-c2ccccc2)cc(-c2c(Nc3ccc(-c4ccccc4)cc3)ccc3c2C=CCC3)c1CC/C1=C\C(C)=C(\C)C(C)(C)CCC1(C)C. The normalized spacial score (nSPS) is 21.0. The summed E-state index contributed by atoms with van der Waals surface area (Å²) in [5.74, 6) is 0. The Kier molecular flexibility index (Phi) is 12.6. The van der Waals surface area contributed by atoms with E-state index in [1.54, 1.807) is 16.7 Å². The lowest BCUT2D eigenvalue weighted by Crippen LogP contribution is -2.29. The Morgan fingerprint density at radius 2 is 1.25 bits per heavy atom. The van der Waals surface area contributed by atoms with Crippen molar-refractivity contribution < 1.29 is 0 Å². The second kappa shape index (κ2) is 18.2. The predicted octanol–water partition coefficient (Wildman–Crippen LogP) is 17.3. The molecule has 0 atom stereocenters. The Labute approximate surface area is 405 Å². The van der Waals surface area contributed by atoms with Gasteiger partial charge >= 0.3 is 0 Å². The van der Waals surface area contributed by atoms with Gasteiger partial charge in [-0.15, -0.1) is 0 Å². The van der Waals surface area contributed by atoms with Gasteiger partial charge in [0.25, 0.3) is 0 Å². The van der Waals surface area contributed by atoms with Crippen LogP contribution in [0.25, 0.3) is 39.5 Å². The van der Waals surface area contributed by atoms with E-state index < -0.39 is 0 Å². The zero-order chi connectivity index (χ0) is 47.3. The first-order chi connectivity index (χ1) is 32.0. The molecule has 0 bridgehead atoms. The van der Waals surface area contributed by atoms with Crippen LogP contribution in [0.4, 0.5) is 17.1 Å². The van der Waals surface area contributed by atoms with E-state index in [2.05, 4.69) is 221 Å². The number of rotatable bonds is 11. The van der Waals surface area contributed by atoms with Gasteiger partial charge in [-0.05, 0) is 180 Å². The molecule has 344 valence electrons. The molecule has 0 amide bonds. The fourth-order valence-corrected chi connectivity index (χ4v) is 11.8. The lowest BCUT2D eigenvalue weighted by molar-refractivity contribution is 0.267. The summed E-state index contributed by atoms with van der Waals surface area (Å²) in [5.41, 5.74) is 25.3. The Morgan fingerprint density at radius 3 is 1.93 bits per heavy atom. The van der Waals surface area contributed by atoms with Gasteiger partial charge in [-0.1, -0.05) is 175 Å². The summed E-state index contributed by atoms with van der Waals surface area (Å²) in [6, 6.07) is 40.7. The van der Waals surface area contributed by atoms with Gasteiger partial charge in [0, 0.05) is 34.7 Å². The summed E-state index contributed by atoms with van der Waals surface area (Å²) >= 11 is 0. The monoisotopic (exact) mass is 883 g/mol. The van der Waals surface area contributed by atoms with E-state index in [9.17, 15) is 0 Å². The average molecular weight is 883 g/mol. The maximum absolute atomic E-state index is 4.02. The highest BCUT2D eigenvalue weighted by atomic mass is 15.1. The molecule has 0 aliphatic heterocycles. The summed E-state index contributed by atoms with van der Waals surface area (Å²) in [4.78, 5) is 2.73. The smallest absolute Gasteiger partial charge is 0.127 e. The largest absolute Gasteiger partial charge is 0.355 e. The highest BCUT2D eigenvalue weighted by molar-refractivity contribution is 6.11. The van der Waals surface area contributed by atoms with E-state index in [1.165, 1.54) is 98.3 Å². The van der Waals surface area contributed by atoms with Gasteiger partial charge in [0.1, 0.15) is 7.85 Å². The van der Waals surface area contributed by atoms with Crippen molar-refractivity contribution in [2.24, 2.45) is 21.7 Å². The molecule has 3 heteroatoms. The topological polar surface area (TPSA) is 15.3 Å². The molecule has 0 aromatic heterocycles. The van der Waals surface area contributed by atoms with Crippen LogP contribution in [0.3, 0.4) is 0 Å². The Hall–Kier alpha value is -5.54. The summed E-state index contributed by atoms with van der Waals surface area (Å²) in [5, 5.41) is 4.02. The number of hydrogen-bond acceptors (Lipinski definition) is 2. The van der Waals surface area contributed by atoms with E-state index in [1.807, 2.05) is 0 Å². The first-order valence-electron chi connectivity index (χ1n) is 25.5. The minimum Gasteiger partial charge on any atom is -0.355 e. The standard InChI is InChI=1S/C64H75BN2/c1-43-37-50(62(5,6)34-33-61(3,4)44(43)2)28-31-54-55(60-53-24-18-17-23-48(53)27-32-58(60)66-51-29-25-47(26-30-51)45-19-13-11-14-20-45)38-49(46-21-15-12-16-22-46)39-59(54)67(42-65)52-40-56-57(41-52)64(9,10)36-35-63(56,7)8/h11-16,18-22,24-27,29-30,32,37-40,66H,17,23,28,31,33-36,41-42,65H2,1-10H3/b44-43-,50-37+. The second-order valence-corrected chi connectivity index (χ2v) is 22.9. The lowest BCUT2D eigenvalue weighted by Gasteiger charge is -2.41. The Bertz CT molecular complexity index is 2820. The maximum Gasteiger partial charge on any atom is 0.127 e. The van der Waals surface area contributed by atoms with Crippen molar-refractivity contribution in [3.63, 3.8) is 0 Å². The maximum atomic E-state index is 4.02. The molecule has 5 aromatic rings. The van der Waals surface area contributed by atoms with Crippen LogP contribution in [-0.2, 0) is 12.8 Å². The summed E-state index contributed by atoms with van der Waals surface area (Å²) in [6.07, 6.45) is 20.8. The molecule has 0 unspecified atom stereocenters. The van der Waals surface area contributed by atoms with Crippen molar-refractivity contribution in [2.45, 2.75) is 127 Å². The number of anilines is 3. The molecule has 0 saturated heterocycles. The van der Waals surface area contributed by atoms with Gasteiger partial charge in [0.05, 0.1) is 0 Å².